The summed E-state index contributed by atoms with van der Waals surface area (Å²) >= 11 is 0. The number of amides is 1. The van der Waals surface area contributed by atoms with Crippen LogP contribution in [0.2, 0.25) is 0 Å². The zero-order valence-electron chi connectivity index (χ0n) is 8.05. The zero-order chi connectivity index (χ0) is 9.68. The molecule has 4 heteroatoms. The third-order valence-electron chi connectivity index (χ3n) is 2.20. The van der Waals surface area contributed by atoms with Gasteiger partial charge in [-0.25, -0.2) is 0 Å². The highest BCUT2D eigenvalue weighted by Gasteiger charge is 2.19. The first-order valence-corrected chi connectivity index (χ1v) is 4.89. The number of nitrogens with one attached hydrogen (secondary N) is 2. The van der Waals surface area contributed by atoms with E-state index in [1.165, 1.54) is 0 Å². The van der Waals surface area contributed by atoms with Gasteiger partial charge in [-0.2, -0.15) is 0 Å². The standard InChI is InChI=1S/C9H18N2O2/c1-7(12)6-11-9(13)8-4-2-3-5-10-8/h7-8,10,12H,2-6H2,1H3,(H,11,13)/t7?,8-/m1/s1. The predicted octanol–water partition coefficient (Wildman–Crippen LogP) is -0.374. The van der Waals surface area contributed by atoms with Crippen LogP contribution in [0.1, 0.15) is 26.2 Å². The molecule has 0 radical (unpaired) electrons. The fourth-order valence-corrected chi connectivity index (χ4v) is 1.45. The first-order chi connectivity index (χ1) is 6.20. The Morgan fingerprint density at radius 3 is 3.00 bits per heavy atom. The van der Waals surface area contributed by atoms with Gasteiger partial charge in [-0.15, -0.1) is 0 Å². The molecule has 13 heavy (non-hydrogen) atoms. The van der Waals surface area contributed by atoms with Gasteiger partial charge in [0.15, 0.2) is 0 Å². The third-order valence-corrected chi connectivity index (χ3v) is 2.20. The van der Waals surface area contributed by atoms with Crippen molar-refractivity contribution < 1.29 is 9.90 Å². The highest BCUT2D eigenvalue weighted by atomic mass is 16.3. The number of carbonyl (C=O) groups is 1. The number of aliphatic hydroxyl groups excluding tert-OH is 1. The maximum absolute atomic E-state index is 11.4. The summed E-state index contributed by atoms with van der Waals surface area (Å²) < 4.78 is 0. The van der Waals surface area contributed by atoms with Gasteiger partial charge >= 0.3 is 0 Å². The first-order valence-electron chi connectivity index (χ1n) is 4.89. The summed E-state index contributed by atoms with van der Waals surface area (Å²) in [6.45, 7) is 2.93. The van der Waals surface area contributed by atoms with Crippen LogP contribution >= 0.6 is 0 Å². The van der Waals surface area contributed by atoms with Crippen molar-refractivity contribution in [2.75, 3.05) is 13.1 Å². The van der Waals surface area contributed by atoms with Crippen molar-refractivity contribution in [2.45, 2.75) is 38.3 Å². The Labute approximate surface area is 78.7 Å². The van der Waals surface area contributed by atoms with Crippen LogP contribution in [0.4, 0.5) is 0 Å². The second kappa shape index (κ2) is 5.19. The normalized spacial score (nSPS) is 25.2. The van der Waals surface area contributed by atoms with Gasteiger partial charge in [0.1, 0.15) is 0 Å². The summed E-state index contributed by atoms with van der Waals surface area (Å²) in [5, 5.41) is 14.8. The third kappa shape index (κ3) is 3.74. The lowest BCUT2D eigenvalue weighted by molar-refractivity contribution is -0.124. The molecular weight excluding hydrogens is 168 g/mol. The van der Waals surface area contributed by atoms with Gasteiger partial charge in [-0.3, -0.25) is 4.79 Å². The molecule has 1 aliphatic heterocycles. The highest BCUT2D eigenvalue weighted by Crippen LogP contribution is 2.06. The number of hydrogen-bond donors (Lipinski definition) is 3. The van der Waals surface area contributed by atoms with E-state index in [-0.39, 0.29) is 11.9 Å². The highest BCUT2D eigenvalue weighted by molar-refractivity contribution is 5.81. The topological polar surface area (TPSA) is 61.4 Å². The van der Waals surface area contributed by atoms with Gasteiger partial charge in [-0.1, -0.05) is 6.42 Å². The molecule has 1 heterocycles. The van der Waals surface area contributed by atoms with Crippen LogP contribution in [0.3, 0.4) is 0 Å². The van der Waals surface area contributed by atoms with E-state index < -0.39 is 6.10 Å². The summed E-state index contributed by atoms with van der Waals surface area (Å²) in [6.07, 6.45) is 2.71. The number of piperidine rings is 1. The second-order valence-corrected chi connectivity index (χ2v) is 3.60. The number of hydrogen-bond acceptors (Lipinski definition) is 3. The Hall–Kier alpha value is -0.610. The molecule has 0 aromatic heterocycles. The molecule has 1 unspecified atom stereocenters. The minimum Gasteiger partial charge on any atom is -0.392 e. The summed E-state index contributed by atoms with van der Waals surface area (Å²) in [5.41, 5.74) is 0. The summed E-state index contributed by atoms with van der Waals surface area (Å²) in [5.74, 6) is 0.0144. The van der Waals surface area contributed by atoms with Gasteiger partial charge < -0.3 is 15.7 Å². The number of aliphatic hydroxyl groups is 1. The SMILES string of the molecule is CC(O)CNC(=O)[C@H]1CCCCN1. The second-order valence-electron chi connectivity index (χ2n) is 3.60. The molecule has 1 amide bonds. The van der Waals surface area contributed by atoms with Crippen molar-refractivity contribution in [1.29, 1.82) is 0 Å². The molecular formula is C9H18N2O2. The van der Waals surface area contributed by atoms with E-state index in [0.29, 0.717) is 6.54 Å². The Kier molecular flexibility index (Phi) is 4.18. The smallest absolute Gasteiger partial charge is 0.237 e. The summed E-state index contributed by atoms with van der Waals surface area (Å²) in [4.78, 5) is 11.4. The van der Waals surface area contributed by atoms with Crippen LogP contribution < -0.4 is 10.6 Å². The van der Waals surface area contributed by atoms with Crippen molar-refractivity contribution in [2.24, 2.45) is 0 Å². The first kappa shape index (κ1) is 10.5. The lowest BCUT2D eigenvalue weighted by Crippen LogP contribution is -2.47. The van der Waals surface area contributed by atoms with Crippen LogP contribution in [0.5, 0.6) is 0 Å². The average Bonchev–Trinajstić information content (AvgIpc) is 2.15. The molecule has 0 spiro atoms. The number of carbonyl (C=O) groups excluding carboxylic acids is 1. The monoisotopic (exact) mass is 186 g/mol. The van der Waals surface area contributed by atoms with Crippen LogP contribution in [-0.2, 0) is 4.79 Å². The molecule has 1 rings (SSSR count). The zero-order valence-corrected chi connectivity index (χ0v) is 8.05. The lowest BCUT2D eigenvalue weighted by atomic mass is 10.0. The van der Waals surface area contributed by atoms with Crippen molar-refractivity contribution in [3.63, 3.8) is 0 Å². The molecule has 76 valence electrons. The molecule has 1 saturated heterocycles. The maximum Gasteiger partial charge on any atom is 0.237 e. The van der Waals surface area contributed by atoms with Crippen LogP contribution in [0.15, 0.2) is 0 Å². The largest absolute Gasteiger partial charge is 0.392 e. The van der Waals surface area contributed by atoms with E-state index in [4.69, 9.17) is 5.11 Å². The van der Waals surface area contributed by atoms with Gasteiger partial charge in [0.2, 0.25) is 5.91 Å². The fourth-order valence-electron chi connectivity index (χ4n) is 1.45. The molecule has 0 aliphatic carbocycles. The van der Waals surface area contributed by atoms with E-state index in [0.717, 1.165) is 25.8 Å². The predicted molar refractivity (Wildman–Crippen MR) is 50.3 cm³/mol. The lowest BCUT2D eigenvalue weighted by Gasteiger charge is -2.22. The van der Waals surface area contributed by atoms with E-state index in [1.807, 2.05) is 0 Å². The van der Waals surface area contributed by atoms with Crippen LogP contribution in [-0.4, -0.2) is 36.2 Å². The van der Waals surface area contributed by atoms with Crippen LogP contribution in [0.25, 0.3) is 0 Å². The van der Waals surface area contributed by atoms with E-state index >= 15 is 0 Å². The molecule has 0 bridgehead atoms. The van der Waals surface area contributed by atoms with Crippen LogP contribution in [0, 0.1) is 0 Å². The van der Waals surface area contributed by atoms with Gasteiger partial charge in [-0.05, 0) is 26.3 Å². The quantitative estimate of drug-likeness (QED) is 0.563. The molecule has 0 aromatic carbocycles. The minimum atomic E-state index is -0.465. The number of rotatable bonds is 3. The van der Waals surface area contributed by atoms with Gasteiger partial charge in [0.25, 0.3) is 0 Å². The van der Waals surface area contributed by atoms with E-state index in [1.54, 1.807) is 6.92 Å². The fraction of sp³-hybridized carbons (Fsp3) is 0.889. The molecule has 1 aliphatic rings. The minimum absolute atomic E-state index is 0.0144. The Balaban J connectivity index is 2.21. The Morgan fingerprint density at radius 1 is 1.69 bits per heavy atom. The molecule has 1 fully saturated rings. The van der Waals surface area contributed by atoms with Crippen molar-refractivity contribution >= 4 is 5.91 Å². The molecule has 2 atom stereocenters. The molecule has 3 N–H and O–H groups in total. The van der Waals surface area contributed by atoms with E-state index in [9.17, 15) is 4.79 Å². The Morgan fingerprint density at radius 2 is 2.46 bits per heavy atom. The van der Waals surface area contributed by atoms with Crippen molar-refractivity contribution in [3.05, 3.63) is 0 Å². The molecule has 0 saturated carbocycles. The summed E-state index contributed by atoms with van der Waals surface area (Å²) in [6, 6.07) is -0.0486. The summed E-state index contributed by atoms with van der Waals surface area (Å²) in [7, 11) is 0. The van der Waals surface area contributed by atoms with Gasteiger partial charge in [0.05, 0.1) is 12.1 Å². The van der Waals surface area contributed by atoms with Crippen molar-refractivity contribution in [1.82, 2.24) is 10.6 Å². The maximum atomic E-state index is 11.4. The molecule has 0 aromatic rings. The Bertz CT molecular complexity index is 165. The van der Waals surface area contributed by atoms with Gasteiger partial charge in [0, 0.05) is 6.54 Å². The van der Waals surface area contributed by atoms with E-state index in [2.05, 4.69) is 10.6 Å². The average molecular weight is 186 g/mol. The molecule has 4 nitrogen and oxygen atoms in total. The van der Waals surface area contributed by atoms with Crippen molar-refractivity contribution in [3.8, 4) is 0 Å².